The minimum Gasteiger partial charge on any atom is -0.368 e. The lowest BCUT2D eigenvalue weighted by Crippen LogP contribution is -2.55. The highest BCUT2D eigenvalue weighted by molar-refractivity contribution is 5.97. The number of nitrogens with zero attached hydrogens (tertiary/aromatic N) is 4. The molecule has 1 saturated carbocycles. The van der Waals surface area contributed by atoms with Gasteiger partial charge in [0, 0.05) is 61.4 Å². The molecule has 3 aromatic rings. The van der Waals surface area contributed by atoms with Crippen molar-refractivity contribution in [2.75, 3.05) is 42.5 Å². The van der Waals surface area contributed by atoms with Crippen molar-refractivity contribution >= 4 is 28.2 Å². The monoisotopic (exact) mass is 536 g/mol. The van der Waals surface area contributed by atoms with E-state index in [1.165, 1.54) is 18.1 Å². The van der Waals surface area contributed by atoms with E-state index in [0.29, 0.717) is 24.3 Å². The number of amides is 1. The second kappa shape index (κ2) is 10.8. The third kappa shape index (κ3) is 5.36. The van der Waals surface area contributed by atoms with E-state index in [1.807, 2.05) is 18.2 Å². The molecule has 1 atom stereocenters. The van der Waals surface area contributed by atoms with Crippen LogP contribution >= 0.6 is 0 Å². The molecule has 1 amide bonds. The first-order valence-electron chi connectivity index (χ1n) is 14.2. The highest BCUT2D eigenvalue weighted by Crippen LogP contribution is 2.37. The number of aryl methyl sites for hydroxylation is 1. The summed E-state index contributed by atoms with van der Waals surface area (Å²) in [6.07, 6.45) is 2.80. The van der Waals surface area contributed by atoms with Gasteiger partial charge in [-0.1, -0.05) is 55.7 Å². The van der Waals surface area contributed by atoms with Gasteiger partial charge in [-0.3, -0.25) is 9.69 Å². The summed E-state index contributed by atoms with van der Waals surface area (Å²) in [6, 6.07) is 16.7. The number of benzene rings is 2. The van der Waals surface area contributed by atoms with Crippen molar-refractivity contribution in [3.63, 3.8) is 0 Å². The molecule has 6 rings (SSSR count). The standard InChI is InChI=1S/C31H35F3N4O/c32-31(33,34)29-20-28(25-11-5-6-12-26(25)35-29)37-18-16-36(17-19-37)21-24-15-14-22-8-4-7-13-27(22)38(24)30(39)23-9-2-1-3-10-23/h4-8,11-13,20,23-24H,1-3,9-10,14-19,21H2. The van der Waals surface area contributed by atoms with Crippen LogP contribution in [-0.2, 0) is 17.4 Å². The van der Waals surface area contributed by atoms with Crippen LogP contribution in [0.1, 0.15) is 49.8 Å². The van der Waals surface area contributed by atoms with Crippen molar-refractivity contribution in [2.24, 2.45) is 5.92 Å². The molecular weight excluding hydrogens is 501 g/mol. The number of anilines is 2. The van der Waals surface area contributed by atoms with Crippen molar-refractivity contribution in [1.29, 1.82) is 0 Å². The molecule has 1 aliphatic carbocycles. The Morgan fingerprint density at radius 1 is 0.872 bits per heavy atom. The maximum Gasteiger partial charge on any atom is 0.433 e. The van der Waals surface area contributed by atoms with Gasteiger partial charge in [0.05, 0.1) is 5.52 Å². The van der Waals surface area contributed by atoms with E-state index in [-0.39, 0.29) is 17.9 Å². The van der Waals surface area contributed by atoms with Gasteiger partial charge in [-0.05, 0) is 49.4 Å². The molecule has 3 heterocycles. The Morgan fingerprint density at radius 2 is 1.59 bits per heavy atom. The lowest BCUT2D eigenvalue weighted by atomic mass is 9.86. The molecule has 5 nitrogen and oxygen atoms in total. The molecular formula is C31H35F3N4O. The Kier molecular flexibility index (Phi) is 7.23. The van der Waals surface area contributed by atoms with Crippen LogP contribution in [0, 0.1) is 5.92 Å². The van der Waals surface area contributed by atoms with E-state index < -0.39 is 11.9 Å². The van der Waals surface area contributed by atoms with Crippen LogP contribution in [0.2, 0.25) is 0 Å². The number of pyridine rings is 1. The normalized spacial score (nSPS) is 21.3. The summed E-state index contributed by atoms with van der Waals surface area (Å²) in [6.45, 7) is 3.52. The summed E-state index contributed by atoms with van der Waals surface area (Å²) in [5.74, 6) is 0.375. The third-order valence-corrected chi connectivity index (χ3v) is 8.72. The average molecular weight is 537 g/mol. The fourth-order valence-corrected chi connectivity index (χ4v) is 6.66. The molecule has 2 fully saturated rings. The highest BCUT2D eigenvalue weighted by Gasteiger charge is 2.37. The van der Waals surface area contributed by atoms with Crippen molar-refractivity contribution in [2.45, 2.75) is 57.2 Å². The predicted octanol–water partition coefficient (Wildman–Crippen LogP) is 6.30. The van der Waals surface area contributed by atoms with Gasteiger partial charge < -0.3 is 9.80 Å². The largest absolute Gasteiger partial charge is 0.433 e. The van der Waals surface area contributed by atoms with Crippen molar-refractivity contribution in [1.82, 2.24) is 9.88 Å². The number of rotatable bonds is 4. The van der Waals surface area contributed by atoms with Gasteiger partial charge in [0.2, 0.25) is 5.91 Å². The van der Waals surface area contributed by atoms with Gasteiger partial charge in [0.1, 0.15) is 5.69 Å². The van der Waals surface area contributed by atoms with Gasteiger partial charge >= 0.3 is 6.18 Å². The molecule has 2 aliphatic heterocycles. The van der Waals surface area contributed by atoms with Crippen molar-refractivity contribution < 1.29 is 18.0 Å². The molecule has 3 aliphatic rings. The minimum atomic E-state index is -4.49. The highest BCUT2D eigenvalue weighted by atomic mass is 19.4. The van der Waals surface area contributed by atoms with Crippen LogP contribution in [0.3, 0.4) is 0 Å². The Morgan fingerprint density at radius 3 is 2.36 bits per heavy atom. The summed E-state index contributed by atoms with van der Waals surface area (Å²) >= 11 is 0. The van der Waals surface area contributed by atoms with Crippen molar-refractivity contribution in [3.8, 4) is 0 Å². The number of hydrogen-bond acceptors (Lipinski definition) is 4. The van der Waals surface area contributed by atoms with E-state index in [9.17, 15) is 18.0 Å². The molecule has 0 spiro atoms. The Labute approximate surface area is 227 Å². The summed E-state index contributed by atoms with van der Waals surface area (Å²) < 4.78 is 40.8. The minimum absolute atomic E-state index is 0.104. The number of fused-ring (bicyclic) bond motifs is 2. The second-order valence-electron chi connectivity index (χ2n) is 11.2. The Hall–Kier alpha value is -3.13. The zero-order valence-corrected chi connectivity index (χ0v) is 22.2. The van der Waals surface area contributed by atoms with Crippen LogP contribution < -0.4 is 9.80 Å². The third-order valence-electron chi connectivity index (χ3n) is 8.72. The van der Waals surface area contributed by atoms with Crippen LogP contribution in [0.15, 0.2) is 54.6 Å². The number of halogens is 3. The zero-order chi connectivity index (χ0) is 27.0. The molecule has 0 bridgehead atoms. The molecule has 0 radical (unpaired) electrons. The van der Waals surface area contributed by atoms with Crippen molar-refractivity contribution in [3.05, 3.63) is 65.9 Å². The van der Waals surface area contributed by atoms with Gasteiger partial charge in [-0.25, -0.2) is 4.98 Å². The van der Waals surface area contributed by atoms with Crippen LogP contribution in [-0.4, -0.2) is 54.6 Å². The SMILES string of the molecule is O=C(C1CCCCC1)N1c2ccccc2CCC1CN1CCN(c2cc(C(F)(F)F)nc3ccccc23)CC1. The summed E-state index contributed by atoms with van der Waals surface area (Å²) in [7, 11) is 0. The average Bonchev–Trinajstić information content (AvgIpc) is 2.96. The number of hydrogen-bond donors (Lipinski definition) is 0. The fourth-order valence-electron chi connectivity index (χ4n) is 6.66. The molecule has 8 heteroatoms. The summed E-state index contributed by atoms with van der Waals surface area (Å²) in [4.78, 5) is 24.3. The number of carbonyl (C=O) groups is 1. The lowest BCUT2D eigenvalue weighted by Gasteiger charge is -2.44. The molecule has 39 heavy (non-hydrogen) atoms. The number of alkyl halides is 3. The van der Waals surface area contributed by atoms with E-state index in [2.05, 4.69) is 37.9 Å². The molecule has 1 aromatic heterocycles. The van der Waals surface area contributed by atoms with Gasteiger partial charge in [-0.2, -0.15) is 13.2 Å². The number of para-hydroxylation sites is 2. The second-order valence-corrected chi connectivity index (χ2v) is 11.2. The summed E-state index contributed by atoms with van der Waals surface area (Å²) in [5.41, 5.74) is 2.41. The topological polar surface area (TPSA) is 39.7 Å². The fraction of sp³-hybridized carbons (Fsp3) is 0.484. The first kappa shape index (κ1) is 26.1. The molecule has 1 saturated heterocycles. The van der Waals surface area contributed by atoms with E-state index in [4.69, 9.17) is 0 Å². The quantitative estimate of drug-likeness (QED) is 0.392. The molecule has 0 N–H and O–H groups in total. The smallest absolute Gasteiger partial charge is 0.368 e. The van der Waals surface area contributed by atoms with Crippen LogP contribution in [0.4, 0.5) is 24.5 Å². The number of carbonyl (C=O) groups excluding carboxylic acids is 1. The Balaban J connectivity index is 1.19. The maximum atomic E-state index is 13.8. The van der Waals surface area contributed by atoms with E-state index in [0.717, 1.165) is 69.2 Å². The van der Waals surface area contributed by atoms with Gasteiger partial charge in [0.15, 0.2) is 0 Å². The van der Waals surface area contributed by atoms with E-state index >= 15 is 0 Å². The lowest BCUT2D eigenvalue weighted by molar-refractivity contribution is -0.140. The maximum absolute atomic E-state index is 13.8. The first-order valence-corrected chi connectivity index (χ1v) is 14.2. The van der Waals surface area contributed by atoms with Crippen LogP contribution in [0.25, 0.3) is 10.9 Å². The van der Waals surface area contributed by atoms with Gasteiger partial charge in [-0.15, -0.1) is 0 Å². The zero-order valence-electron chi connectivity index (χ0n) is 22.2. The molecule has 1 unspecified atom stereocenters. The van der Waals surface area contributed by atoms with Crippen LogP contribution in [0.5, 0.6) is 0 Å². The summed E-state index contributed by atoms with van der Waals surface area (Å²) in [5, 5.41) is 0.743. The van der Waals surface area contributed by atoms with Gasteiger partial charge in [0.25, 0.3) is 0 Å². The Bertz CT molecular complexity index is 1330. The number of piperazine rings is 1. The van der Waals surface area contributed by atoms with E-state index in [1.54, 1.807) is 12.1 Å². The molecule has 2 aromatic carbocycles. The predicted molar refractivity (Wildman–Crippen MR) is 148 cm³/mol. The number of aromatic nitrogens is 1. The molecule has 206 valence electrons. The first-order chi connectivity index (χ1) is 18.9.